The van der Waals surface area contributed by atoms with Gasteiger partial charge in [-0.15, -0.1) is 0 Å². The van der Waals surface area contributed by atoms with Crippen molar-refractivity contribution in [3.63, 3.8) is 0 Å². The molecular formula is C7H7BN2O2. The molecule has 3 N–H and O–H groups in total. The first-order valence-electron chi connectivity index (χ1n) is 3.56. The second-order valence-electron chi connectivity index (χ2n) is 2.54. The number of H-pyrrole nitrogens is 1. The number of rotatable bonds is 1. The summed E-state index contributed by atoms with van der Waals surface area (Å²) in [5.74, 6) is 0. The predicted molar refractivity (Wildman–Crippen MR) is 45.9 cm³/mol. The molecule has 0 unspecified atom stereocenters. The predicted octanol–water partition coefficient (Wildman–Crippen LogP) is -0.757. The molecular weight excluding hydrogens is 155 g/mol. The Hall–Kier alpha value is -1.33. The number of hydrogen-bond acceptors (Lipinski definition) is 3. The number of nitrogens with zero attached hydrogens (tertiary/aromatic N) is 1. The molecule has 2 rings (SSSR count). The Morgan fingerprint density at radius 2 is 2.25 bits per heavy atom. The smallest absolute Gasteiger partial charge is 0.423 e. The van der Waals surface area contributed by atoms with Gasteiger partial charge < -0.3 is 15.0 Å². The fraction of sp³-hybridized carbons (Fsp3) is 0. The average molecular weight is 162 g/mol. The number of aromatic amines is 1. The van der Waals surface area contributed by atoms with E-state index in [-0.39, 0.29) is 0 Å². The molecule has 2 aromatic rings. The summed E-state index contributed by atoms with van der Waals surface area (Å²) in [5, 5.41) is 18.6. The van der Waals surface area contributed by atoms with Crippen molar-refractivity contribution in [2.24, 2.45) is 0 Å². The van der Waals surface area contributed by atoms with E-state index in [1.165, 1.54) is 0 Å². The average Bonchev–Trinajstić information content (AvgIpc) is 2.47. The molecule has 0 saturated carbocycles. The lowest BCUT2D eigenvalue weighted by Crippen LogP contribution is -2.28. The molecule has 0 radical (unpaired) electrons. The largest absolute Gasteiger partial charge is 0.490 e. The third-order valence-electron chi connectivity index (χ3n) is 1.79. The summed E-state index contributed by atoms with van der Waals surface area (Å²) < 4.78 is 0. The van der Waals surface area contributed by atoms with Gasteiger partial charge in [-0.2, -0.15) is 0 Å². The van der Waals surface area contributed by atoms with Gasteiger partial charge in [-0.3, -0.25) is 4.98 Å². The van der Waals surface area contributed by atoms with Crippen LogP contribution in [0.1, 0.15) is 0 Å². The van der Waals surface area contributed by atoms with Gasteiger partial charge in [0.05, 0.1) is 11.7 Å². The maximum atomic E-state index is 8.93. The van der Waals surface area contributed by atoms with Crippen LogP contribution >= 0.6 is 0 Å². The van der Waals surface area contributed by atoms with Crippen LogP contribution in [0.4, 0.5) is 0 Å². The van der Waals surface area contributed by atoms with Crippen molar-refractivity contribution >= 4 is 23.5 Å². The lowest BCUT2D eigenvalue weighted by molar-refractivity contribution is 0.426. The summed E-state index contributed by atoms with van der Waals surface area (Å²) in [7, 11) is -1.43. The number of hydrogen-bond donors (Lipinski definition) is 3. The van der Waals surface area contributed by atoms with Crippen LogP contribution in [0.25, 0.3) is 10.9 Å². The first-order chi connectivity index (χ1) is 5.79. The molecule has 2 aromatic heterocycles. The van der Waals surface area contributed by atoms with Crippen molar-refractivity contribution in [2.75, 3.05) is 0 Å². The van der Waals surface area contributed by atoms with E-state index in [2.05, 4.69) is 9.97 Å². The molecule has 0 aliphatic carbocycles. The minimum absolute atomic E-state index is 0.479. The molecule has 0 aliphatic rings. The van der Waals surface area contributed by atoms with E-state index in [1.54, 1.807) is 24.7 Å². The van der Waals surface area contributed by atoms with Crippen molar-refractivity contribution in [3.8, 4) is 0 Å². The highest BCUT2D eigenvalue weighted by Gasteiger charge is 2.15. The van der Waals surface area contributed by atoms with Gasteiger partial charge in [-0.1, -0.05) is 0 Å². The molecule has 12 heavy (non-hydrogen) atoms. The van der Waals surface area contributed by atoms with Crippen molar-refractivity contribution in [3.05, 3.63) is 24.7 Å². The van der Waals surface area contributed by atoms with Gasteiger partial charge in [-0.25, -0.2) is 0 Å². The highest BCUT2D eigenvalue weighted by Crippen LogP contribution is 2.06. The second kappa shape index (κ2) is 2.62. The van der Waals surface area contributed by atoms with E-state index in [1.807, 2.05) is 0 Å². The maximum Gasteiger partial charge on any atom is 0.490 e. The Balaban J connectivity index is 2.70. The quantitative estimate of drug-likeness (QED) is 0.483. The first-order valence-corrected chi connectivity index (χ1v) is 3.56. The third-order valence-corrected chi connectivity index (χ3v) is 1.79. The van der Waals surface area contributed by atoms with Gasteiger partial charge in [0.2, 0.25) is 0 Å². The van der Waals surface area contributed by atoms with Crippen molar-refractivity contribution in [2.45, 2.75) is 0 Å². The van der Waals surface area contributed by atoms with Crippen LogP contribution in [-0.4, -0.2) is 27.1 Å². The van der Waals surface area contributed by atoms with Crippen LogP contribution in [0, 0.1) is 0 Å². The summed E-state index contributed by atoms with van der Waals surface area (Å²) in [6, 6.07) is 1.74. The lowest BCUT2D eigenvalue weighted by Gasteiger charge is -1.93. The Labute approximate surface area is 69.0 Å². The summed E-state index contributed by atoms with van der Waals surface area (Å²) >= 11 is 0. The highest BCUT2D eigenvalue weighted by molar-refractivity contribution is 6.62. The van der Waals surface area contributed by atoms with Crippen LogP contribution < -0.4 is 5.46 Å². The normalized spacial score (nSPS) is 10.5. The topological polar surface area (TPSA) is 69.1 Å². The van der Waals surface area contributed by atoms with Gasteiger partial charge in [0.1, 0.15) is 0 Å². The van der Waals surface area contributed by atoms with Crippen molar-refractivity contribution < 1.29 is 10.0 Å². The monoisotopic (exact) mass is 162 g/mol. The second-order valence-corrected chi connectivity index (χ2v) is 2.54. The third kappa shape index (κ3) is 0.994. The molecule has 0 fully saturated rings. The van der Waals surface area contributed by atoms with E-state index in [0.29, 0.717) is 5.46 Å². The zero-order valence-electron chi connectivity index (χ0n) is 6.23. The molecule has 0 amide bonds. The van der Waals surface area contributed by atoms with Gasteiger partial charge >= 0.3 is 7.12 Å². The fourth-order valence-corrected chi connectivity index (χ4v) is 1.21. The molecule has 2 heterocycles. The highest BCUT2D eigenvalue weighted by atomic mass is 16.4. The molecule has 0 atom stereocenters. The fourth-order valence-electron chi connectivity index (χ4n) is 1.21. The number of nitrogens with one attached hydrogen (secondary N) is 1. The Morgan fingerprint density at radius 3 is 3.00 bits per heavy atom. The van der Waals surface area contributed by atoms with E-state index in [0.717, 1.165) is 10.9 Å². The Kier molecular flexibility index (Phi) is 1.60. The molecule has 60 valence electrons. The molecule has 0 aromatic carbocycles. The van der Waals surface area contributed by atoms with Crippen molar-refractivity contribution in [1.82, 2.24) is 9.97 Å². The minimum atomic E-state index is -1.43. The van der Waals surface area contributed by atoms with Gasteiger partial charge in [0.15, 0.2) is 0 Å². The van der Waals surface area contributed by atoms with Crippen LogP contribution in [0.3, 0.4) is 0 Å². The van der Waals surface area contributed by atoms with Gasteiger partial charge in [-0.05, 0) is 6.07 Å². The standard InChI is InChI=1S/C7H7BN2O2/c11-8(12)6-3-10-7-4-9-2-1-5(6)7/h1-4,10-12H. The number of pyridine rings is 1. The molecule has 4 nitrogen and oxygen atoms in total. The SMILES string of the molecule is OB(O)c1c[nH]c2cnccc12. The summed E-state index contributed by atoms with van der Waals surface area (Å²) in [4.78, 5) is 6.78. The van der Waals surface area contributed by atoms with Crippen LogP contribution in [0.15, 0.2) is 24.7 Å². The van der Waals surface area contributed by atoms with E-state index < -0.39 is 7.12 Å². The molecule has 0 aliphatic heterocycles. The Morgan fingerprint density at radius 1 is 1.42 bits per heavy atom. The molecule has 0 saturated heterocycles. The van der Waals surface area contributed by atoms with E-state index >= 15 is 0 Å². The zero-order valence-corrected chi connectivity index (χ0v) is 6.23. The van der Waals surface area contributed by atoms with Crippen LogP contribution in [0.2, 0.25) is 0 Å². The first kappa shape index (κ1) is 7.33. The summed E-state index contributed by atoms with van der Waals surface area (Å²) in [6.07, 6.45) is 4.82. The van der Waals surface area contributed by atoms with Crippen LogP contribution in [0.5, 0.6) is 0 Å². The molecule has 5 heteroatoms. The maximum absolute atomic E-state index is 8.93. The summed E-state index contributed by atoms with van der Waals surface area (Å²) in [5.41, 5.74) is 1.29. The van der Waals surface area contributed by atoms with E-state index in [4.69, 9.17) is 10.0 Å². The number of fused-ring (bicyclic) bond motifs is 1. The minimum Gasteiger partial charge on any atom is -0.423 e. The van der Waals surface area contributed by atoms with Crippen LogP contribution in [-0.2, 0) is 0 Å². The summed E-state index contributed by atoms with van der Waals surface area (Å²) in [6.45, 7) is 0. The van der Waals surface area contributed by atoms with Gasteiger partial charge in [0.25, 0.3) is 0 Å². The molecule has 0 spiro atoms. The lowest BCUT2D eigenvalue weighted by atomic mass is 9.80. The Bertz CT molecular complexity index is 399. The van der Waals surface area contributed by atoms with Crippen molar-refractivity contribution in [1.29, 1.82) is 0 Å². The van der Waals surface area contributed by atoms with Gasteiger partial charge in [0, 0.05) is 23.2 Å². The molecule has 0 bridgehead atoms. The number of aromatic nitrogens is 2. The zero-order chi connectivity index (χ0) is 8.55. The van der Waals surface area contributed by atoms with E-state index in [9.17, 15) is 0 Å².